The average molecular weight is 521 g/mol. The van der Waals surface area contributed by atoms with Crippen molar-refractivity contribution in [1.29, 1.82) is 0 Å². The number of carbonyl (C=O) groups is 1. The maximum absolute atomic E-state index is 13.2. The second-order valence-corrected chi connectivity index (χ2v) is 10.8. The van der Waals surface area contributed by atoms with Crippen LogP contribution in [0.1, 0.15) is 11.7 Å². The number of aliphatic hydroxyl groups is 1. The number of hydrogen-bond donors (Lipinski definition) is 1. The first-order chi connectivity index (χ1) is 15.3. The lowest BCUT2D eigenvalue weighted by Gasteiger charge is -2.25. The summed E-state index contributed by atoms with van der Waals surface area (Å²) in [5.41, 5.74) is 2.32. The van der Waals surface area contributed by atoms with E-state index in [1.54, 1.807) is 29.2 Å². The van der Waals surface area contributed by atoms with Crippen LogP contribution in [0.25, 0.3) is 0 Å². The van der Waals surface area contributed by atoms with E-state index in [-0.39, 0.29) is 18.0 Å². The van der Waals surface area contributed by atoms with E-state index < -0.39 is 22.0 Å². The normalized spacial score (nSPS) is 19.2. The summed E-state index contributed by atoms with van der Waals surface area (Å²) in [4.78, 5) is 14.5. The molecule has 0 saturated heterocycles. The van der Waals surface area contributed by atoms with Crippen molar-refractivity contribution in [3.63, 3.8) is 0 Å². The van der Waals surface area contributed by atoms with Crippen LogP contribution >= 0.6 is 15.9 Å². The molecule has 0 fully saturated rings. The quantitative estimate of drug-likeness (QED) is 0.620. The smallest absolute Gasteiger partial charge is 0.256 e. The maximum atomic E-state index is 13.2. The largest absolute Gasteiger partial charge is 0.486 e. The number of aliphatic hydroxyl groups excluding tert-OH is 1. The summed E-state index contributed by atoms with van der Waals surface area (Å²) in [5, 5.41) is 10.5. The highest BCUT2D eigenvalue weighted by Crippen LogP contribution is 2.36. The average Bonchev–Trinajstić information content (AvgIpc) is 3.38. The molecule has 1 N–H and O–H groups in total. The molecule has 0 saturated carbocycles. The Bertz CT molecular complexity index is 1210. The van der Waals surface area contributed by atoms with Gasteiger partial charge in [-0.1, -0.05) is 28.1 Å². The summed E-state index contributed by atoms with van der Waals surface area (Å²) in [6.45, 7) is 1.89. The molecule has 0 spiro atoms. The third-order valence-corrected chi connectivity index (χ3v) is 8.14. The fourth-order valence-corrected chi connectivity index (χ4v) is 6.06. The SMILES string of the molecule is O=C([C@@H](O)c1cccc(Br)c1)N1CC2=C(C1)CN(S(=O)(=O)c1ccc3c(c1)OCCO3)C2. The van der Waals surface area contributed by atoms with Crippen LogP contribution in [-0.4, -0.2) is 68.0 Å². The van der Waals surface area contributed by atoms with Gasteiger partial charge in [0.2, 0.25) is 10.0 Å². The zero-order valence-electron chi connectivity index (χ0n) is 17.0. The van der Waals surface area contributed by atoms with Crippen molar-refractivity contribution < 1.29 is 27.8 Å². The molecule has 0 aromatic heterocycles. The fraction of sp³-hybridized carbons (Fsp3) is 0.318. The highest BCUT2D eigenvalue weighted by Gasteiger charge is 2.39. The maximum Gasteiger partial charge on any atom is 0.256 e. The van der Waals surface area contributed by atoms with Gasteiger partial charge in [0.1, 0.15) is 13.2 Å². The molecule has 1 amide bonds. The highest BCUT2D eigenvalue weighted by molar-refractivity contribution is 9.10. The minimum Gasteiger partial charge on any atom is -0.486 e. The van der Waals surface area contributed by atoms with Gasteiger partial charge < -0.3 is 19.5 Å². The number of benzene rings is 2. The van der Waals surface area contributed by atoms with E-state index in [1.807, 2.05) is 6.07 Å². The minimum absolute atomic E-state index is 0.154. The van der Waals surface area contributed by atoms with Crippen LogP contribution < -0.4 is 9.47 Å². The van der Waals surface area contributed by atoms with Crippen molar-refractivity contribution in [2.75, 3.05) is 39.4 Å². The van der Waals surface area contributed by atoms with Crippen LogP contribution in [0.5, 0.6) is 11.5 Å². The van der Waals surface area contributed by atoms with Gasteiger partial charge in [-0.3, -0.25) is 4.79 Å². The van der Waals surface area contributed by atoms with Crippen molar-refractivity contribution in [2.24, 2.45) is 0 Å². The van der Waals surface area contributed by atoms with Gasteiger partial charge in [0.05, 0.1) is 4.90 Å². The number of hydrogen-bond acceptors (Lipinski definition) is 6. The zero-order valence-corrected chi connectivity index (χ0v) is 19.4. The van der Waals surface area contributed by atoms with Crippen LogP contribution in [-0.2, 0) is 14.8 Å². The minimum atomic E-state index is -3.72. The summed E-state index contributed by atoms with van der Waals surface area (Å²) in [5.74, 6) is 0.574. The molecule has 2 aromatic rings. The van der Waals surface area contributed by atoms with Gasteiger partial charge in [0.15, 0.2) is 17.6 Å². The van der Waals surface area contributed by atoms with E-state index in [0.29, 0.717) is 43.4 Å². The molecule has 8 nitrogen and oxygen atoms in total. The molecule has 32 heavy (non-hydrogen) atoms. The van der Waals surface area contributed by atoms with Gasteiger partial charge >= 0.3 is 0 Å². The lowest BCUT2D eigenvalue weighted by Crippen LogP contribution is -2.38. The van der Waals surface area contributed by atoms with Crippen LogP contribution in [0.15, 0.2) is 63.0 Å². The lowest BCUT2D eigenvalue weighted by atomic mass is 10.1. The third-order valence-electron chi connectivity index (χ3n) is 5.86. The van der Waals surface area contributed by atoms with E-state index in [1.165, 1.54) is 16.4 Å². The number of carbonyl (C=O) groups excluding carboxylic acids is 1. The molecule has 3 heterocycles. The molecule has 0 aliphatic carbocycles. The van der Waals surface area contributed by atoms with Gasteiger partial charge in [-0.2, -0.15) is 4.31 Å². The molecule has 168 valence electrons. The Kier molecular flexibility index (Phi) is 5.48. The first kappa shape index (κ1) is 21.4. The summed E-state index contributed by atoms with van der Waals surface area (Å²) < 4.78 is 39.5. The van der Waals surface area contributed by atoms with E-state index in [9.17, 15) is 18.3 Å². The third kappa shape index (κ3) is 3.81. The van der Waals surface area contributed by atoms with Gasteiger partial charge in [-0.25, -0.2) is 8.42 Å². The van der Waals surface area contributed by atoms with Crippen molar-refractivity contribution >= 4 is 31.9 Å². The Morgan fingerprint density at radius 2 is 1.66 bits per heavy atom. The summed E-state index contributed by atoms with van der Waals surface area (Å²) >= 11 is 3.35. The number of ether oxygens (including phenoxy) is 2. The van der Waals surface area contributed by atoms with Crippen LogP contribution in [0.2, 0.25) is 0 Å². The summed E-state index contributed by atoms with van der Waals surface area (Å²) in [6.07, 6.45) is -1.26. The number of sulfonamides is 1. The van der Waals surface area contributed by atoms with Gasteiger partial charge in [0, 0.05) is 36.7 Å². The molecule has 3 aliphatic heterocycles. The first-order valence-corrected chi connectivity index (χ1v) is 12.4. The topological polar surface area (TPSA) is 96.4 Å². The molecule has 2 aromatic carbocycles. The molecule has 3 aliphatic rings. The zero-order chi connectivity index (χ0) is 22.5. The molecule has 1 atom stereocenters. The Labute approximate surface area is 194 Å². The molecule has 0 unspecified atom stereocenters. The monoisotopic (exact) mass is 520 g/mol. The van der Waals surface area contributed by atoms with E-state index in [4.69, 9.17) is 9.47 Å². The molecule has 5 rings (SSSR count). The predicted molar refractivity (Wildman–Crippen MR) is 119 cm³/mol. The van der Waals surface area contributed by atoms with Gasteiger partial charge in [-0.15, -0.1) is 0 Å². The van der Waals surface area contributed by atoms with E-state index in [2.05, 4.69) is 15.9 Å². The van der Waals surface area contributed by atoms with E-state index >= 15 is 0 Å². The molecule has 10 heteroatoms. The summed E-state index contributed by atoms with van der Waals surface area (Å²) in [6, 6.07) is 11.6. The van der Waals surface area contributed by atoms with Crippen molar-refractivity contribution in [3.05, 3.63) is 63.6 Å². The number of nitrogens with zero attached hydrogens (tertiary/aromatic N) is 2. The predicted octanol–water partition coefficient (Wildman–Crippen LogP) is 2.10. The molecule has 0 radical (unpaired) electrons. The Morgan fingerprint density at radius 3 is 2.34 bits per heavy atom. The second kappa shape index (κ2) is 8.18. The van der Waals surface area contributed by atoms with Gasteiger partial charge in [0.25, 0.3) is 5.91 Å². The Hall–Kier alpha value is -2.40. The molecular formula is C22H21BrN2O6S. The van der Waals surface area contributed by atoms with Crippen molar-refractivity contribution in [3.8, 4) is 11.5 Å². The Balaban J connectivity index is 1.26. The standard InChI is InChI=1S/C22H21BrN2O6S/c23-17-3-1-2-14(8-17)21(26)22(27)24-10-15-12-25(13-16(15)11-24)32(28,29)18-4-5-19-20(9-18)31-7-6-30-19/h1-5,8-9,21,26H,6-7,10-13H2/t21-/m0/s1. The first-order valence-electron chi connectivity index (χ1n) is 10.1. The fourth-order valence-electron chi connectivity index (χ4n) is 4.20. The van der Waals surface area contributed by atoms with Crippen LogP contribution in [0.4, 0.5) is 0 Å². The second-order valence-electron chi connectivity index (χ2n) is 7.94. The van der Waals surface area contributed by atoms with Crippen molar-refractivity contribution in [2.45, 2.75) is 11.0 Å². The van der Waals surface area contributed by atoms with Crippen LogP contribution in [0, 0.1) is 0 Å². The van der Waals surface area contributed by atoms with Crippen molar-refractivity contribution in [1.82, 2.24) is 9.21 Å². The number of halogens is 1. The van der Waals surface area contributed by atoms with E-state index in [0.717, 1.165) is 15.6 Å². The Morgan fingerprint density at radius 1 is 0.969 bits per heavy atom. The highest BCUT2D eigenvalue weighted by atomic mass is 79.9. The number of fused-ring (bicyclic) bond motifs is 1. The van der Waals surface area contributed by atoms with Gasteiger partial charge in [-0.05, 0) is 41.0 Å². The number of rotatable bonds is 4. The molecule has 0 bridgehead atoms. The number of amides is 1. The van der Waals surface area contributed by atoms with Crippen LogP contribution in [0.3, 0.4) is 0 Å². The lowest BCUT2D eigenvalue weighted by molar-refractivity contribution is -0.139. The molecular weight excluding hydrogens is 500 g/mol. The summed E-state index contributed by atoms with van der Waals surface area (Å²) in [7, 11) is -3.72.